The number of Topliss-reactive ketones (excluding diaryl/α,β-unsaturated/α-hetero) is 1. The summed E-state index contributed by atoms with van der Waals surface area (Å²) in [6, 6.07) is 9.14. The molecule has 0 bridgehead atoms. The Morgan fingerprint density at radius 3 is 2.34 bits per heavy atom. The highest BCUT2D eigenvalue weighted by Gasteiger charge is 2.17. The number of carbonyl (C=O) groups is 4. The summed E-state index contributed by atoms with van der Waals surface area (Å²) in [5.74, 6) is -1.61. The molecule has 1 aromatic heterocycles. The molecule has 0 aliphatic rings. The largest absolute Gasteiger partial charge is 0.456 e. The molecule has 0 aliphatic carbocycles. The number of anilines is 1. The van der Waals surface area contributed by atoms with Crippen molar-refractivity contribution in [3.63, 3.8) is 0 Å². The van der Waals surface area contributed by atoms with E-state index < -0.39 is 18.5 Å². The van der Waals surface area contributed by atoms with Crippen molar-refractivity contribution in [3.05, 3.63) is 51.7 Å². The van der Waals surface area contributed by atoms with Crippen molar-refractivity contribution in [2.45, 2.75) is 26.7 Å². The molecule has 0 spiro atoms. The van der Waals surface area contributed by atoms with Gasteiger partial charge in [0, 0.05) is 19.2 Å². The van der Waals surface area contributed by atoms with Gasteiger partial charge in [0.2, 0.25) is 5.91 Å². The topological polar surface area (TPSA) is 92.8 Å². The third kappa shape index (κ3) is 6.83. The molecule has 2 rings (SSSR count). The Morgan fingerprint density at radius 1 is 1.03 bits per heavy atom. The Bertz CT molecular complexity index is 872. The van der Waals surface area contributed by atoms with Gasteiger partial charge in [0.1, 0.15) is 0 Å². The van der Waals surface area contributed by atoms with Crippen LogP contribution in [0.5, 0.6) is 0 Å². The fourth-order valence-electron chi connectivity index (χ4n) is 2.59. The van der Waals surface area contributed by atoms with E-state index in [1.165, 1.54) is 23.3 Å². The van der Waals surface area contributed by atoms with Gasteiger partial charge in [-0.25, -0.2) is 0 Å². The first-order valence-electron chi connectivity index (χ1n) is 9.10. The third-order valence-corrected chi connectivity index (χ3v) is 5.17. The molecule has 8 heteroatoms. The zero-order valence-corrected chi connectivity index (χ0v) is 17.5. The number of rotatable bonds is 9. The molecule has 2 amide bonds. The minimum absolute atomic E-state index is 0.0293. The lowest BCUT2D eigenvalue weighted by atomic mass is 10.1. The summed E-state index contributed by atoms with van der Waals surface area (Å²) >= 11 is 1.31. The second-order valence-corrected chi connectivity index (χ2v) is 7.57. The van der Waals surface area contributed by atoms with Gasteiger partial charge in [0.05, 0.1) is 17.8 Å². The third-order valence-electron chi connectivity index (χ3n) is 4.26. The van der Waals surface area contributed by atoms with Gasteiger partial charge in [-0.15, -0.1) is 11.3 Å². The van der Waals surface area contributed by atoms with Crippen LogP contribution in [-0.4, -0.2) is 48.7 Å². The molecular weight excluding hydrogens is 392 g/mol. The number of amides is 2. The monoisotopic (exact) mass is 416 g/mol. The zero-order valence-electron chi connectivity index (χ0n) is 16.7. The molecule has 1 heterocycles. The van der Waals surface area contributed by atoms with E-state index >= 15 is 0 Å². The number of carbonyl (C=O) groups excluding carboxylic acids is 4. The molecule has 0 saturated carbocycles. The Kier molecular flexibility index (Phi) is 8.09. The molecule has 2 aromatic rings. The van der Waals surface area contributed by atoms with Gasteiger partial charge in [-0.3, -0.25) is 19.2 Å². The van der Waals surface area contributed by atoms with Crippen molar-refractivity contribution in [2.75, 3.05) is 25.5 Å². The number of para-hydroxylation sites is 1. The summed E-state index contributed by atoms with van der Waals surface area (Å²) < 4.78 is 4.92. The molecule has 29 heavy (non-hydrogen) atoms. The predicted octanol–water partition coefficient (Wildman–Crippen LogP) is 2.97. The van der Waals surface area contributed by atoms with E-state index in [2.05, 4.69) is 5.32 Å². The van der Waals surface area contributed by atoms with Crippen LogP contribution in [0.2, 0.25) is 0 Å². The van der Waals surface area contributed by atoms with E-state index in [0.29, 0.717) is 4.88 Å². The van der Waals surface area contributed by atoms with Crippen molar-refractivity contribution in [2.24, 2.45) is 0 Å². The zero-order chi connectivity index (χ0) is 21.4. The minimum atomic E-state index is -0.628. The minimum Gasteiger partial charge on any atom is -0.456 e. The number of likely N-dealkylation sites (N-methyl/N-ethyl adjacent to an activating group) is 1. The van der Waals surface area contributed by atoms with Gasteiger partial charge >= 0.3 is 5.97 Å². The van der Waals surface area contributed by atoms with Crippen LogP contribution in [-0.2, 0) is 19.1 Å². The van der Waals surface area contributed by atoms with E-state index in [9.17, 15) is 19.2 Å². The summed E-state index contributed by atoms with van der Waals surface area (Å²) in [5, 5.41) is 4.59. The van der Waals surface area contributed by atoms with Crippen molar-refractivity contribution < 1.29 is 23.9 Å². The first kappa shape index (κ1) is 22.3. The van der Waals surface area contributed by atoms with Crippen LogP contribution >= 0.6 is 11.3 Å². The normalized spacial score (nSPS) is 10.3. The number of nitrogens with zero attached hydrogens (tertiary/aromatic N) is 1. The molecule has 7 nitrogen and oxygen atoms in total. The average Bonchev–Trinajstić information content (AvgIpc) is 3.22. The number of thiophene rings is 1. The quantitative estimate of drug-likeness (QED) is 0.501. The second kappa shape index (κ2) is 10.5. The Hall–Kier alpha value is -3.00. The van der Waals surface area contributed by atoms with Gasteiger partial charge in [0.15, 0.2) is 12.4 Å². The lowest BCUT2D eigenvalue weighted by molar-refractivity contribution is -0.151. The van der Waals surface area contributed by atoms with Crippen molar-refractivity contribution in [1.29, 1.82) is 0 Å². The number of esters is 1. The van der Waals surface area contributed by atoms with E-state index in [-0.39, 0.29) is 31.1 Å². The average molecular weight is 416 g/mol. The van der Waals surface area contributed by atoms with E-state index in [0.717, 1.165) is 16.8 Å². The Morgan fingerprint density at radius 2 is 1.72 bits per heavy atom. The summed E-state index contributed by atoms with van der Waals surface area (Å²) in [6.45, 7) is 3.14. The van der Waals surface area contributed by atoms with Gasteiger partial charge in [-0.05, 0) is 36.4 Å². The number of nitrogens with one attached hydrogen (secondary N) is 1. The Balaban J connectivity index is 1.73. The van der Waals surface area contributed by atoms with E-state index in [1.807, 2.05) is 32.0 Å². The maximum atomic E-state index is 12.2. The highest BCUT2D eigenvalue weighted by atomic mass is 32.1. The van der Waals surface area contributed by atoms with Crippen LogP contribution in [0, 0.1) is 13.8 Å². The lowest BCUT2D eigenvalue weighted by Crippen LogP contribution is -2.37. The smallest absolute Gasteiger partial charge is 0.306 e. The first-order chi connectivity index (χ1) is 13.8. The standard InChI is InChI=1S/C21H24N2O5S/c1-14-6-4-7-15(2)21(14)22-18(25)12-23(3)19(26)13-28-20(27)10-9-16(24)17-8-5-11-29-17/h4-8,11H,9-10,12-13H2,1-3H3,(H,22,25). The SMILES string of the molecule is Cc1cccc(C)c1NC(=O)CN(C)C(=O)COC(=O)CCC(=O)c1cccs1. The second-order valence-electron chi connectivity index (χ2n) is 6.63. The lowest BCUT2D eigenvalue weighted by Gasteiger charge is -2.18. The summed E-state index contributed by atoms with van der Waals surface area (Å²) in [6.07, 6.45) is -0.0671. The van der Waals surface area contributed by atoms with Crippen LogP contribution in [0.1, 0.15) is 33.6 Å². The summed E-state index contributed by atoms with van der Waals surface area (Å²) in [4.78, 5) is 49.7. The van der Waals surface area contributed by atoms with Gasteiger partial charge in [-0.1, -0.05) is 24.3 Å². The number of aryl methyl sites for hydroxylation is 2. The fraction of sp³-hybridized carbons (Fsp3) is 0.333. The first-order valence-corrected chi connectivity index (χ1v) is 9.98. The molecule has 0 fully saturated rings. The molecule has 0 unspecified atom stereocenters. The predicted molar refractivity (Wildman–Crippen MR) is 111 cm³/mol. The maximum absolute atomic E-state index is 12.2. The molecule has 154 valence electrons. The number of hydrogen-bond acceptors (Lipinski definition) is 6. The fourth-order valence-corrected chi connectivity index (χ4v) is 3.29. The molecule has 1 N–H and O–H groups in total. The highest BCUT2D eigenvalue weighted by Crippen LogP contribution is 2.19. The van der Waals surface area contributed by atoms with Crippen LogP contribution in [0.15, 0.2) is 35.7 Å². The van der Waals surface area contributed by atoms with E-state index in [1.54, 1.807) is 17.5 Å². The van der Waals surface area contributed by atoms with Crippen molar-refractivity contribution in [1.82, 2.24) is 4.90 Å². The van der Waals surface area contributed by atoms with E-state index in [4.69, 9.17) is 4.74 Å². The molecular formula is C21H24N2O5S. The van der Waals surface area contributed by atoms with Gasteiger partial charge < -0.3 is 15.0 Å². The van der Waals surface area contributed by atoms with Crippen LogP contribution in [0.25, 0.3) is 0 Å². The molecule has 0 radical (unpaired) electrons. The Labute approximate surface area is 173 Å². The highest BCUT2D eigenvalue weighted by molar-refractivity contribution is 7.12. The van der Waals surface area contributed by atoms with Crippen LogP contribution in [0.4, 0.5) is 5.69 Å². The number of ketones is 1. The summed E-state index contributed by atoms with van der Waals surface area (Å²) in [5.41, 5.74) is 2.58. The molecule has 0 saturated heterocycles. The number of hydrogen-bond donors (Lipinski definition) is 1. The molecule has 0 atom stereocenters. The summed E-state index contributed by atoms with van der Waals surface area (Å²) in [7, 11) is 1.46. The molecule has 1 aromatic carbocycles. The van der Waals surface area contributed by atoms with Gasteiger partial charge in [0.25, 0.3) is 5.91 Å². The van der Waals surface area contributed by atoms with Crippen LogP contribution in [0.3, 0.4) is 0 Å². The number of benzene rings is 1. The van der Waals surface area contributed by atoms with Gasteiger partial charge in [-0.2, -0.15) is 0 Å². The van der Waals surface area contributed by atoms with Crippen LogP contribution < -0.4 is 5.32 Å². The van der Waals surface area contributed by atoms with Crippen molar-refractivity contribution >= 4 is 40.6 Å². The molecule has 0 aliphatic heterocycles. The van der Waals surface area contributed by atoms with Crippen molar-refractivity contribution in [3.8, 4) is 0 Å². The maximum Gasteiger partial charge on any atom is 0.306 e. The number of ether oxygens (including phenoxy) is 1.